The van der Waals surface area contributed by atoms with Crippen LogP contribution in [0.4, 0.5) is 0 Å². The summed E-state index contributed by atoms with van der Waals surface area (Å²) in [6.07, 6.45) is 5.66. The molecule has 0 aliphatic carbocycles. The first kappa shape index (κ1) is 15.5. The van der Waals surface area contributed by atoms with Gasteiger partial charge in [0.25, 0.3) is 0 Å². The number of aliphatic hydroxyl groups excluding tert-OH is 1. The molecule has 1 aromatic rings. The Morgan fingerprint density at radius 3 is 2.55 bits per heavy atom. The van der Waals surface area contributed by atoms with Gasteiger partial charge in [-0.15, -0.1) is 0 Å². The maximum absolute atomic E-state index is 10.9. The van der Waals surface area contributed by atoms with Crippen molar-refractivity contribution < 1.29 is 5.11 Å². The highest BCUT2D eigenvalue weighted by molar-refractivity contribution is 5.27. The minimum absolute atomic E-state index is 0.189. The number of aryl methyl sites for hydroxylation is 1. The molecule has 0 bridgehead atoms. The molecule has 0 saturated carbocycles. The molecule has 20 heavy (non-hydrogen) atoms. The van der Waals surface area contributed by atoms with Crippen LogP contribution in [0, 0.1) is 0 Å². The average molecular weight is 275 g/mol. The Labute approximate surface area is 123 Å². The Morgan fingerprint density at radius 1 is 1.20 bits per heavy atom. The molecule has 1 aliphatic heterocycles. The van der Waals surface area contributed by atoms with Gasteiger partial charge in [-0.3, -0.25) is 4.90 Å². The number of hydrogen-bond acceptors (Lipinski definition) is 2. The topological polar surface area (TPSA) is 23.5 Å². The predicted octanol–water partition coefficient (Wildman–Crippen LogP) is 3.94. The zero-order valence-electron chi connectivity index (χ0n) is 13.2. The summed E-state index contributed by atoms with van der Waals surface area (Å²) in [4.78, 5) is 2.45. The lowest BCUT2D eigenvalue weighted by molar-refractivity contribution is -0.0209. The SMILES string of the molecule is CCCc1cccc(C(O)C(C)(C)N2CCCCC2)c1. The standard InChI is InChI=1S/C18H29NO/c1-4-9-15-10-8-11-16(14-15)17(20)18(2,3)19-12-6-5-7-13-19/h8,10-11,14,17,20H,4-7,9,12-13H2,1-3H3. The molecule has 2 nitrogen and oxygen atoms in total. The molecule has 1 atom stereocenters. The first-order valence-corrected chi connectivity index (χ1v) is 8.07. The molecule has 1 unspecified atom stereocenters. The lowest BCUT2D eigenvalue weighted by Crippen LogP contribution is -2.50. The third-order valence-electron chi connectivity index (χ3n) is 4.65. The molecule has 0 amide bonds. The number of rotatable bonds is 5. The summed E-state index contributed by atoms with van der Waals surface area (Å²) in [5.41, 5.74) is 2.20. The van der Waals surface area contributed by atoms with Crippen molar-refractivity contribution in [3.63, 3.8) is 0 Å². The molecule has 1 fully saturated rings. The largest absolute Gasteiger partial charge is 0.386 e. The molecule has 0 radical (unpaired) electrons. The van der Waals surface area contributed by atoms with Crippen LogP contribution in [0.5, 0.6) is 0 Å². The highest BCUT2D eigenvalue weighted by Crippen LogP contribution is 2.33. The normalized spacial score (nSPS) is 19.0. The van der Waals surface area contributed by atoms with Crippen molar-refractivity contribution >= 4 is 0 Å². The van der Waals surface area contributed by atoms with Gasteiger partial charge in [-0.1, -0.05) is 44.0 Å². The zero-order valence-corrected chi connectivity index (χ0v) is 13.2. The van der Waals surface area contributed by atoms with Gasteiger partial charge in [0.2, 0.25) is 0 Å². The molecular weight excluding hydrogens is 246 g/mol. The van der Waals surface area contributed by atoms with Crippen molar-refractivity contribution in [2.45, 2.75) is 64.5 Å². The van der Waals surface area contributed by atoms with Crippen LogP contribution in [0.2, 0.25) is 0 Å². The van der Waals surface area contributed by atoms with Crippen molar-refractivity contribution in [1.82, 2.24) is 4.90 Å². The fourth-order valence-electron chi connectivity index (χ4n) is 3.26. The summed E-state index contributed by atoms with van der Waals surface area (Å²) < 4.78 is 0. The van der Waals surface area contributed by atoms with Gasteiger partial charge in [-0.25, -0.2) is 0 Å². The van der Waals surface area contributed by atoms with E-state index in [4.69, 9.17) is 0 Å². The van der Waals surface area contributed by atoms with Gasteiger partial charge in [0, 0.05) is 5.54 Å². The zero-order chi connectivity index (χ0) is 14.6. The van der Waals surface area contributed by atoms with Crippen molar-refractivity contribution in [2.24, 2.45) is 0 Å². The Hall–Kier alpha value is -0.860. The summed E-state index contributed by atoms with van der Waals surface area (Å²) in [7, 11) is 0. The van der Waals surface area contributed by atoms with E-state index in [1.54, 1.807) is 0 Å². The maximum Gasteiger partial charge on any atom is 0.0968 e. The van der Waals surface area contributed by atoms with E-state index in [2.05, 4.69) is 49.9 Å². The summed E-state index contributed by atoms with van der Waals surface area (Å²) in [6, 6.07) is 8.48. The van der Waals surface area contributed by atoms with Gasteiger partial charge in [0.05, 0.1) is 6.10 Å². The van der Waals surface area contributed by atoms with E-state index in [-0.39, 0.29) is 5.54 Å². The Balaban J connectivity index is 2.15. The van der Waals surface area contributed by atoms with Gasteiger partial charge in [-0.05, 0) is 57.3 Å². The van der Waals surface area contributed by atoms with Gasteiger partial charge in [0.15, 0.2) is 0 Å². The summed E-state index contributed by atoms with van der Waals surface area (Å²) in [5.74, 6) is 0. The van der Waals surface area contributed by atoms with Crippen LogP contribution >= 0.6 is 0 Å². The van der Waals surface area contributed by atoms with Crippen LogP contribution in [0.25, 0.3) is 0 Å². The third-order valence-corrected chi connectivity index (χ3v) is 4.65. The Kier molecular flexibility index (Phi) is 5.22. The first-order valence-electron chi connectivity index (χ1n) is 8.07. The minimum Gasteiger partial charge on any atom is -0.386 e. The van der Waals surface area contributed by atoms with Crippen molar-refractivity contribution in [1.29, 1.82) is 0 Å². The lowest BCUT2D eigenvalue weighted by atomic mass is 9.87. The van der Waals surface area contributed by atoms with Crippen LogP contribution in [0.1, 0.15) is 63.7 Å². The van der Waals surface area contributed by atoms with Crippen molar-refractivity contribution in [3.8, 4) is 0 Å². The molecule has 1 N–H and O–H groups in total. The van der Waals surface area contributed by atoms with Crippen LogP contribution in [0.3, 0.4) is 0 Å². The highest BCUT2D eigenvalue weighted by atomic mass is 16.3. The van der Waals surface area contributed by atoms with Crippen molar-refractivity contribution in [2.75, 3.05) is 13.1 Å². The fourth-order valence-corrected chi connectivity index (χ4v) is 3.26. The quantitative estimate of drug-likeness (QED) is 0.880. The molecule has 0 aromatic heterocycles. The van der Waals surface area contributed by atoms with E-state index >= 15 is 0 Å². The minimum atomic E-state index is -0.419. The second-order valence-electron chi connectivity index (χ2n) is 6.60. The van der Waals surface area contributed by atoms with Gasteiger partial charge in [0.1, 0.15) is 0 Å². The van der Waals surface area contributed by atoms with Crippen LogP contribution < -0.4 is 0 Å². The summed E-state index contributed by atoms with van der Waals surface area (Å²) in [6.45, 7) is 8.77. The monoisotopic (exact) mass is 275 g/mol. The third kappa shape index (κ3) is 3.42. The van der Waals surface area contributed by atoms with E-state index in [0.29, 0.717) is 0 Å². The van der Waals surface area contributed by atoms with Crippen LogP contribution in [-0.2, 0) is 6.42 Å². The van der Waals surface area contributed by atoms with E-state index in [0.717, 1.165) is 31.5 Å². The molecule has 1 saturated heterocycles. The van der Waals surface area contributed by atoms with E-state index in [1.807, 2.05) is 0 Å². The molecule has 112 valence electrons. The number of nitrogens with zero attached hydrogens (tertiary/aromatic N) is 1. The Morgan fingerprint density at radius 2 is 1.90 bits per heavy atom. The molecule has 0 spiro atoms. The van der Waals surface area contributed by atoms with Crippen molar-refractivity contribution in [3.05, 3.63) is 35.4 Å². The molecule has 1 heterocycles. The number of likely N-dealkylation sites (tertiary alicyclic amines) is 1. The molecule has 2 heteroatoms. The second kappa shape index (κ2) is 6.73. The summed E-state index contributed by atoms with van der Waals surface area (Å²) in [5, 5.41) is 10.9. The van der Waals surface area contributed by atoms with E-state index in [1.165, 1.54) is 24.8 Å². The number of piperidine rings is 1. The maximum atomic E-state index is 10.9. The number of aliphatic hydroxyl groups is 1. The van der Waals surface area contributed by atoms with E-state index in [9.17, 15) is 5.11 Å². The average Bonchev–Trinajstić information content (AvgIpc) is 2.48. The highest BCUT2D eigenvalue weighted by Gasteiger charge is 2.35. The Bertz CT molecular complexity index is 421. The predicted molar refractivity (Wildman–Crippen MR) is 84.9 cm³/mol. The van der Waals surface area contributed by atoms with Crippen LogP contribution in [-0.4, -0.2) is 28.6 Å². The van der Waals surface area contributed by atoms with Gasteiger partial charge >= 0.3 is 0 Å². The lowest BCUT2D eigenvalue weighted by Gasteiger charge is -2.44. The second-order valence-corrected chi connectivity index (χ2v) is 6.60. The summed E-state index contributed by atoms with van der Waals surface area (Å²) >= 11 is 0. The molecule has 1 aliphatic rings. The van der Waals surface area contributed by atoms with Gasteiger partial charge < -0.3 is 5.11 Å². The van der Waals surface area contributed by atoms with E-state index < -0.39 is 6.10 Å². The molecule has 2 rings (SSSR count). The first-order chi connectivity index (χ1) is 9.55. The molecule has 1 aromatic carbocycles. The van der Waals surface area contributed by atoms with Gasteiger partial charge in [-0.2, -0.15) is 0 Å². The smallest absolute Gasteiger partial charge is 0.0968 e. The number of hydrogen-bond donors (Lipinski definition) is 1. The molecular formula is C18H29NO. The number of benzene rings is 1. The van der Waals surface area contributed by atoms with Crippen LogP contribution in [0.15, 0.2) is 24.3 Å². The fraction of sp³-hybridized carbons (Fsp3) is 0.667.